The van der Waals surface area contributed by atoms with Gasteiger partial charge in [0.25, 0.3) is 0 Å². The minimum Gasteiger partial charge on any atom is -0.497 e. The number of hydrogen-bond acceptors (Lipinski definition) is 4. The Morgan fingerprint density at radius 2 is 1.56 bits per heavy atom. The van der Waals surface area contributed by atoms with Crippen molar-refractivity contribution >= 4 is 23.5 Å². The quantitative estimate of drug-likeness (QED) is 0.630. The summed E-state index contributed by atoms with van der Waals surface area (Å²) < 4.78 is 5.41. The van der Waals surface area contributed by atoms with Gasteiger partial charge in [-0.15, -0.1) is 0 Å². The van der Waals surface area contributed by atoms with Crippen molar-refractivity contribution in [1.29, 1.82) is 0 Å². The highest BCUT2D eigenvalue weighted by molar-refractivity contribution is 5.89. The summed E-state index contributed by atoms with van der Waals surface area (Å²) in [5, 5.41) is 8.87. The highest BCUT2D eigenvalue weighted by Gasteiger charge is 2.18. The van der Waals surface area contributed by atoms with Gasteiger partial charge in [-0.1, -0.05) is 54.6 Å². The molecule has 0 bridgehead atoms. The Labute approximate surface area is 159 Å². The number of hydrogen-bond donors (Lipinski definition) is 2. The molecule has 4 heteroatoms. The summed E-state index contributed by atoms with van der Waals surface area (Å²) in [6.45, 7) is 1.20. The molecule has 0 spiro atoms. The molecule has 1 aliphatic rings. The SMILES string of the molecule is COc1ccc2c(c1)C=Cc1ccccc1N2Cc1ccc(CNO)cc1. The Kier molecular flexibility index (Phi) is 4.92. The molecule has 0 fully saturated rings. The van der Waals surface area contributed by atoms with Crippen molar-refractivity contribution in [1.82, 2.24) is 5.48 Å². The van der Waals surface area contributed by atoms with Crippen LogP contribution < -0.4 is 15.1 Å². The number of nitrogens with one attached hydrogen (secondary N) is 1. The van der Waals surface area contributed by atoms with Crippen molar-refractivity contribution in [3.63, 3.8) is 0 Å². The van der Waals surface area contributed by atoms with Gasteiger partial charge < -0.3 is 14.8 Å². The number of fused-ring (bicyclic) bond motifs is 2. The Morgan fingerprint density at radius 3 is 2.33 bits per heavy atom. The minimum absolute atomic E-state index is 0.444. The number of hydroxylamine groups is 1. The van der Waals surface area contributed by atoms with E-state index in [9.17, 15) is 0 Å². The highest BCUT2D eigenvalue weighted by Crippen LogP contribution is 2.38. The van der Waals surface area contributed by atoms with Crippen molar-refractivity contribution in [3.8, 4) is 5.75 Å². The topological polar surface area (TPSA) is 44.7 Å². The zero-order valence-corrected chi connectivity index (χ0v) is 15.2. The van der Waals surface area contributed by atoms with Crippen LogP contribution in [0.1, 0.15) is 22.3 Å². The summed E-state index contributed by atoms with van der Waals surface area (Å²) in [5.74, 6) is 0.852. The number of benzene rings is 3. The Bertz CT molecular complexity index is 964. The van der Waals surface area contributed by atoms with E-state index in [-0.39, 0.29) is 0 Å². The van der Waals surface area contributed by atoms with Gasteiger partial charge in [-0.3, -0.25) is 0 Å². The first kappa shape index (κ1) is 17.3. The molecule has 3 aromatic rings. The molecule has 136 valence electrons. The average Bonchev–Trinajstić information content (AvgIpc) is 2.86. The van der Waals surface area contributed by atoms with E-state index in [1.807, 2.05) is 18.2 Å². The van der Waals surface area contributed by atoms with Crippen LogP contribution in [-0.2, 0) is 13.1 Å². The van der Waals surface area contributed by atoms with E-state index in [0.29, 0.717) is 6.54 Å². The maximum absolute atomic E-state index is 8.87. The summed E-state index contributed by atoms with van der Waals surface area (Å²) in [6.07, 6.45) is 4.30. The van der Waals surface area contributed by atoms with Gasteiger partial charge in [-0.05, 0) is 41.0 Å². The molecule has 4 rings (SSSR count). The van der Waals surface area contributed by atoms with Crippen LogP contribution in [0.2, 0.25) is 0 Å². The first-order valence-corrected chi connectivity index (χ1v) is 8.96. The van der Waals surface area contributed by atoms with Gasteiger partial charge in [-0.2, -0.15) is 0 Å². The van der Waals surface area contributed by atoms with Gasteiger partial charge in [0.05, 0.1) is 7.11 Å². The second kappa shape index (κ2) is 7.66. The maximum Gasteiger partial charge on any atom is 0.119 e. The van der Waals surface area contributed by atoms with E-state index in [0.717, 1.165) is 29.1 Å². The fourth-order valence-electron chi connectivity index (χ4n) is 3.43. The number of rotatable bonds is 5. The van der Waals surface area contributed by atoms with Crippen molar-refractivity contribution < 1.29 is 9.94 Å². The third-order valence-corrected chi connectivity index (χ3v) is 4.84. The lowest BCUT2D eigenvalue weighted by molar-refractivity contribution is 0.161. The van der Waals surface area contributed by atoms with Crippen LogP contribution in [0.25, 0.3) is 12.2 Å². The molecular weight excluding hydrogens is 336 g/mol. The Balaban J connectivity index is 1.75. The van der Waals surface area contributed by atoms with Crippen LogP contribution in [0.15, 0.2) is 66.7 Å². The van der Waals surface area contributed by atoms with E-state index < -0.39 is 0 Å². The summed E-state index contributed by atoms with van der Waals surface area (Å²) in [6, 6.07) is 22.9. The van der Waals surface area contributed by atoms with Crippen molar-refractivity contribution in [2.75, 3.05) is 12.0 Å². The number of ether oxygens (including phenoxy) is 1. The molecule has 0 unspecified atom stereocenters. The molecule has 2 N–H and O–H groups in total. The molecule has 0 saturated heterocycles. The fraction of sp³-hybridized carbons (Fsp3) is 0.130. The Morgan fingerprint density at radius 1 is 0.852 bits per heavy atom. The van der Waals surface area contributed by atoms with Crippen molar-refractivity contribution in [2.24, 2.45) is 0 Å². The first-order chi connectivity index (χ1) is 13.3. The van der Waals surface area contributed by atoms with Gasteiger partial charge >= 0.3 is 0 Å². The maximum atomic E-state index is 8.87. The lowest BCUT2D eigenvalue weighted by Crippen LogP contribution is -2.18. The first-order valence-electron chi connectivity index (χ1n) is 8.96. The van der Waals surface area contributed by atoms with E-state index in [4.69, 9.17) is 9.94 Å². The van der Waals surface area contributed by atoms with E-state index in [1.54, 1.807) is 7.11 Å². The molecular formula is C23H22N2O2. The molecule has 3 aromatic carbocycles. The fourth-order valence-corrected chi connectivity index (χ4v) is 3.43. The summed E-state index contributed by atoms with van der Waals surface area (Å²) in [4.78, 5) is 2.34. The predicted molar refractivity (Wildman–Crippen MR) is 109 cm³/mol. The lowest BCUT2D eigenvalue weighted by atomic mass is 10.1. The predicted octanol–water partition coefficient (Wildman–Crippen LogP) is 5.00. The monoisotopic (exact) mass is 358 g/mol. The molecule has 0 aliphatic carbocycles. The van der Waals surface area contributed by atoms with E-state index >= 15 is 0 Å². The standard InChI is InChI=1S/C23H22N2O2/c1-27-21-12-13-23-20(14-21)11-10-19-4-2-3-5-22(19)25(23)16-18-8-6-17(7-9-18)15-24-26/h2-14,24,26H,15-16H2,1H3. The van der Waals surface area contributed by atoms with E-state index in [2.05, 4.69) is 71.1 Å². The summed E-state index contributed by atoms with van der Waals surface area (Å²) in [5.41, 5.74) is 9.10. The van der Waals surface area contributed by atoms with Crippen LogP contribution in [0.3, 0.4) is 0 Å². The number of nitrogens with zero attached hydrogens (tertiary/aromatic N) is 1. The Hall–Kier alpha value is -3.08. The molecule has 0 saturated carbocycles. The molecule has 0 atom stereocenters. The molecule has 1 heterocycles. The van der Waals surface area contributed by atoms with Crippen LogP contribution in [0.5, 0.6) is 5.75 Å². The average molecular weight is 358 g/mol. The third-order valence-electron chi connectivity index (χ3n) is 4.84. The zero-order chi connectivity index (χ0) is 18.6. The molecule has 0 amide bonds. The molecule has 4 nitrogen and oxygen atoms in total. The smallest absolute Gasteiger partial charge is 0.119 e. The highest BCUT2D eigenvalue weighted by atomic mass is 16.5. The van der Waals surface area contributed by atoms with Crippen LogP contribution >= 0.6 is 0 Å². The normalized spacial score (nSPS) is 12.3. The lowest BCUT2D eigenvalue weighted by Gasteiger charge is -2.27. The van der Waals surface area contributed by atoms with Crippen LogP contribution in [0, 0.1) is 0 Å². The van der Waals surface area contributed by atoms with Crippen LogP contribution in [0.4, 0.5) is 11.4 Å². The molecule has 1 aliphatic heterocycles. The van der Waals surface area contributed by atoms with Gasteiger partial charge in [0.2, 0.25) is 0 Å². The van der Waals surface area contributed by atoms with Crippen molar-refractivity contribution in [2.45, 2.75) is 13.1 Å². The second-order valence-electron chi connectivity index (χ2n) is 6.55. The zero-order valence-electron chi connectivity index (χ0n) is 15.2. The molecule has 0 radical (unpaired) electrons. The van der Waals surface area contributed by atoms with E-state index in [1.165, 1.54) is 16.8 Å². The minimum atomic E-state index is 0.444. The molecule has 0 aromatic heterocycles. The molecule has 27 heavy (non-hydrogen) atoms. The second-order valence-corrected chi connectivity index (χ2v) is 6.55. The van der Waals surface area contributed by atoms with Gasteiger partial charge in [-0.25, -0.2) is 5.48 Å². The number of methoxy groups -OCH3 is 1. The number of para-hydroxylation sites is 1. The summed E-state index contributed by atoms with van der Waals surface area (Å²) >= 11 is 0. The van der Waals surface area contributed by atoms with Gasteiger partial charge in [0.1, 0.15) is 5.75 Å². The van der Waals surface area contributed by atoms with Crippen LogP contribution in [-0.4, -0.2) is 12.3 Å². The number of anilines is 2. The summed E-state index contributed by atoms with van der Waals surface area (Å²) in [7, 11) is 1.69. The van der Waals surface area contributed by atoms with Gasteiger partial charge in [0, 0.05) is 30.0 Å². The largest absolute Gasteiger partial charge is 0.497 e. The third kappa shape index (κ3) is 3.58. The van der Waals surface area contributed by atoms with Crippen molar-refractivity contribution in [3.05, 3.63) is 89.0 Å². The van der Waals surface area contributed by atoms with Gasteiger partial charge in [0.15, 0.2) is 0 Å².